The van der Waals surface area contributed by atoms with Crippen molar-refractivity contribution in [2.45, 2.75) is 39.2 Å². The van der Waals surface area contributed by atoms with Crippen molar-refractivity contribution in [2.24, 2.45) is 0 Å². The highest BCUT2D eigenvalue weighted by Gasteiger charge is 2.17. The van der Waals surface area contributed by atoms with E-state index in [4.69, 9.17) is 9.84 Å². The Kier molecular flexibility index (Phi) is 7.98. The normalized spacial score (nSPS) is 12.0. The summed E-state index contributed by atoms with van der Waals surface area (Å²) in [5, 5.41) is 20.7. The molecule has 6 nitrogen and oxygen atoms in total. The number of aryl methyl sites for hydroxylation is 1. The van der Waals surface area contributed by atoms with Crippen molar-refractivity contribution < 1.29 is 14.6 Å². The number of ether oxygens (including phenoxy) is 1. The maximum Gasteiger partial charge on any atom is 0.317 e. The fourth-order valence-electron chi connectivity index (χ4n) is 3.64. The van der Waals surface area contributed by atoms with Gasteiger partial charge in [0.15, 0.2) is 0 Å². The molecule has 1 aliphatic carbocycles. The Morgan fingerprint density at radius 2 is 2.12 bits per heavy atom. The van der Waals surface area contributed by atoms with Gasteiger partial charge in [-0.15, -0.1) is 11.3 Å². The predicted octanol–water partition coefficient (Wildman–Crippen LogP) is 4.92. The minimum Gasteiger partial charge on any atom is -0.490 e. The van der Waals surface area contributed by atoms with Gasteiger partial charge in [0.25, 0.3) is 0 Å². The molecule has 0 unspecified atom stereocenters. The van der Waals surface area contributed by atoms with E-state index in [0.29, 0.717) is 11.3 Å². The van der Waals surface area contributed by atoms with E-state index in [0.717, 1.165) is 17.0 Å². The van der Waals surface area contributed by atoms with E-state index in [1.165, 1.54) is 34.4 Å². The molecule has 2 N–H and O–H groups in total. The van der Waals surface area contributed by atoms with Crippen molar-refractivity contribution in [3.05, 3.63) is 59.3 Å². The number of likely N-dealkylation sites (N-methyl/N-ethyl adjacent to an activating group) is 1. The summed E-state index contributed by atoms with van der Waals surface area (Å²) in [5.41, 5.74) is 5.76. The molecule has 4 rings (SSSR count). The fourth-order valence-corrected chi connectivity index (χ4v) is 4.61. The number of nitriles is 1. The number of hydrogen-bond donors (Lipinski definition) is 2. The van der Waals surface area contributed by atoms with Crippen molar-refractivity contribution in [1.82, 2.24) is 10.3 Å². The number of carboxylic acid groups (broad SMARTS) is 1. The number of carboxylic acids is 1. The van der Waals surface area contributed by atoms with Crippen molar-refractivity contribution in [2.75, 3.05) is 13.6 Å². The van der Waals surface area contributed by atoms with E-state index in [2.05, 4.69) is 34.6 Å². The first-order chi connectivity index (χ1) is 15.4. The molecule has 0 spiro atoms. The summed E-state index contributed by atoms with van der Waals surface area (Å²) >= 11 is 1.68. The van der Waals surface area contributed by atoms with Crippen LogP contribution in [0, 0.1) is 11.3 Å². The zero-order chi connectivity index (χ0) is 23.1. The summed E-state index contributed by atoms with van der Waals surface area (Å²) in [6.45, 7) is 3.96. The Hall–Kier alpha value is -3.21. The van der Waals surface area contributed by atoms with Crippen LogP contribution < -0.4 is 10.1 Å². The second-order valence-electron chi connectivity index (χ2n) is 7.74. The molecule has 0 saturated heterocycles. The Labute approximate surface area is 192 Å². The van der Waals surface area contributed by atoms with Crippen molar-refractivity contribution in [3.8, 4) is 32.8 Å². The van der Waals surface area contributed by atoms with Gasteiger partial charge < -0.3 is 15.2 Å². The average Bonchev–Trinajstić information content (AvgIpc) is 3.43. The molecule has 0 amide bonds. The monoisotopic (exact) mass is 449 g/mol. The summed E-state index contributed by atoms with van der Waals surface area (Å²) in [5.74, 6) is -0.193. The first-order valence-electron chi connectivity index (χ1n) is 10.6. The lowest BCUT2D eigenvalue weighted by Crippen LogP contribution is -2.16. The first-order valence-corrected chi connectivity index (χ1v) is 11.4. The molecule has 1 aromatic heterocycles. The van der Waals surface area contributed by atoms with Crippen LogP contribution in [0.25, 0.3) is 21.0 Å². The summed E-state index contributed by atoms with van der Waals surface area (Å²) in [6, 6.07) is 14.5. The largest absolute Gasteiger partial charge is 0.490 e. The van der Waals surface area contributed by atoms with Crippen LogP contribution in [-0.4, -0.2) is 35.8 Å². The predicted molar refractivity (Wildman–Crippen MR) is 127 cm³/mol. The van der Waals surface area contributed by atoms with Crippen molar-refractivity contribution in [1.29, 1.82) is 5.26 Å². The Balaban J connectivity index is 0.000000427. The lowest BCUT2D eigenvalue weighted by molar-refractivity contribution is -0.135. The third-order valence-electron chi connectivity index (χ3n) is 4.95. The maximum absolute atomic E-state index is 9.54. The van der Waals surface area contributed by atoms with Gasteiger partial charge in [-0.05, 0) is 75.0 Å². The second kappa shape index (κ2) is 10.9. The van der Waals surface area contributed by atoms with E-state index < -0.39 is 5.97 Å². The fraction of sp³-hybridized carbons (Fsp3) is 0.320. The van der Waals surface area contributed by atoms with E-state index in [9.17, 15) is 10.1 Å². The van der Waals surface area contributed by atoms with Crippen LogP contribution in [0.1, 0.15) is 37.0 Å². The Bertz CT molecular complexity index is 1130. The van der Waals surface area contributed by atoms with Crippen LogP contribution in [0.3, 0.4) is 0 Å². The molecular weight excluding hydrogens is 422 g/mol. The minimum atomic E-state index is -0.822. The number of aliphatic carboxylic acids is 1. The molecule has 0 aliphatic heterocycles. The van der Waals surface area contributed by atoms with Gasteiger partial charge in [-0.25, -0.2) is 4.98 Å². The smallest absolute Gasteiger partial charge is 0.317 e. The molecule has 32 heavy (non-hydrogen) atoms. The number of nitrogens with one attached hydrogen (secondary N) is 1. The molecular formula is C25H27N3O3S. The summed E-state index contributed by atoms with van der Waals surface area (Å²) in [7, 11) is 1.59. The summed E-state index contributed by atoms with van der Waals surface area (Å²) < 4.78 is 5.71. The molecule has 0 saturated carbocycles. The SMILES string of the molecule is CC(C)Oc1ccc(-c2ncc(-c3cccc4c3CCC4)s2)cc1C#N.CNCC(=O)O. The van der Waals surface area contributed by atoms with Crippen LogP contribution in [0.5, 0.6) is 5.75 Å². The number of carbonyl (C=O) groups is 1. The highest BCUT2D eigenvalue weighted by molar-refractivity contribution is 7.18. The molecule has 3 aromatic rings. The zero-order valence-corrected chi connectivity index (χ0v) is 19.3. The van der Waals surface area contributed by atoms with E-state index in [1.54, 1.807) is 18.4 Å². The molecule has 0 atom stereocenters. The number of thiazole rings is 1. The Morgan fingerprint density at radius 1 is 1.31 bits per heavy atom. The van der Waals surface area contributed by atoms with Gasteiger partial charge in [0.05, 0.1) is 23.1 Å². The number of aromatic nitrogens is 1. The molecule has 7 heteroatoms. The third kappa shape index (κ3) is 5.72. The Morgan fingerprint density at radius 3 is 2.78 bits per heavy atom. The lowest BCUT2D eigenvalue weighted by Gasteiger charge is -2.11. The van der Waals surface area contributed by atoms with Crippen LogP contribution in [-0.2, 0) is 17.6 Å². The molecule has 1 aliphatic rings. The van der Waals surface area contributed by atoms with Crippen LogP contribution in [0.15, 0.2) is 42.6 Å². The van der Waals surface area contributed by atoms with Gasteiger partial charge >= 0.3 is 5.97 Å². The molecule has 1 heterocycles. The molecule has 0 radical (unpaired) electrons. The van der Waals surface area contributed by atoms with Gasteiger partial charge in [0.1, 0.15) is 16.8 Å². The van der Waals surface area contributed by atoms with Gasteiger partial charge in [-0.2, -0.15) is 5.26 Å². The van der Waals surface area contributed by atoms with Gasteiger partial charge in [0, 0.05) is 11.8 Å². The second-order valence-corrected chi connectivity index (χ2v) is 8.77. The van der Waals surface area contributed by atoms with Gasteiger partial charge in [-0.1, -0.05) is 18.2 Å². The highest BCUT2D eigenvalue weighted by atomic mass is 32.1. The summed E-state index contributed by atoms with van der Waals surface area (Å²) in [6.07, 6.45) is 5.56. The molecule has 0 bridgehead atoms. The highest BCUT2D eigenvalue weighted by Crippen LogP contribution is 2.38. The molecule has 166 valence electrons. The number of hydrogen-bond acceptors (Lipinski definition) is 6. The average molecular weight is 450 g/mol. The van der Waals surface area contributed by atoms with E-state index >= 15 is 0 Å². The van der Waals surface area contributed by atoms with Gasteiger partial charge in [0.2, 0.25) is 0 Å². The van der Waals surface area contributed by atoms with E-state index in [1.807, 2.05) is 38.2 Å². The standard InChI is InChI=1S/C22H20N2OS.C3H7NO2/c1-14(2)25-20-10-9-16(11-17(20)12-23)22-24-13-21(26-22)19-8-4-6-15-5-3-7-18(15)19;1-4-2-3(5)6/h4,6,8-11,13-14H,3,5,7H2,1-2H3;4H,2H2,1H3,(H,5,6). The zero-order valence-electron chi connectivity index (χ0n) is 18.5. The van der Waals surface area contributed by atoms with Crippen LogP contribution in [0.4, 0.5) is 0 Å². The number of fused-ring (bicyclic) bond motifs is 1. The summed E-state index contributed by atoms with van der Waals surface area (Å²) in [4.78, 5) is 15.4. The molecule has 0 fully saturated rings. The van der Waals surface area contributed by atoms with Crippen LogP contribution >= 0.6 is 11.3 Å². The number of rotatable bonds is 6. The lowest BCUT2D eigenvalue weighted by atomic mass is 10.0. The van der Waals surface area contributed by atoms with Crippen molar-refractivity contribution in [3.63, 3.8) is 0 Å². The quantitative estimate of drug-likeness (QED) is 0.555. The van der Waals surface area contributed by atoms with Crippen LogP contribution in [0.2, 0.25) is 0 Å². The van der Waals surface area contributed by atoms with Gasteiger partial charge in [-0.3, -0.25) is 4.79 Å². The number of benzene rings is 2. The van der Waals surface area contributed by atoms with Crippen molar-refractivity contribution >= 4 is 17.3 Å². The minimum absolute atomic E-state index is 0.0413. The number of nitrogens with zero attached hydrogens (tertiary/aromatic N) is 2. The van der Waals surface area contributed by atoms with E-state index in [-0.39, 0.29) is 12.6 Å². The maximum atomic E-state index is 9.54. The third-order valence-corrected chi connectivity index (χ3v) is 6.03. The first kappa shape index (κ1) is 23.5. The topological polar surface area (TPSA) is 95.2 Å². The molecule has 2 aromatic carbocycles.